The van der Waals surface area contributed by atoms with Crippen molar-refractivity contribution in [3.63, 3.8) is 0 Å². The number of anilines is 1. The molecule has 6 aromatic rings. The monoisotopic (exact) mass is 559 g/mol. The van der Waals surface area contributed by atoms with Crippen molar-refractivity contribution in [3.8, 4) is 16.6 Å². The molecule has 3 aromatic heterocycles. The first-order valence-electron chi connectivity index (χ1n) is 13.0. The van der Waals surface area contributed by atoms with E-state index in [4.69, 9.17) is 26.9 Å². The number of ether oxygens (including phenoxy) is 1. The lowest BCUT2D eigenvalue weighted by Gasteiger charge is -2.28. The number of hydrogen-bond donors (Lipinski definition) is 1. The van der Waals surface area contributed by atoms with Crippen molar-refractivity contribution in [2.45, 2.75) is 19.0 Å². The van der Waals surface area contributed by atoms with Gasteiger partial charge in [0.25, 0.3) is 0 Å². The van der Waals surface area contributed by atoms with Crippen LogP contribution in [0.1, 0.15) is 29.0 Å². The molecule has 0 unspecified atom stereocenters. The third-order valence-electron chi connectivity index (χ3n) is 7.11. The van der Waals surface area contributed by atoms with Crippen LogP contribution in [0, 0.1) is 6.92 Å². The van der Waals surface area contributed by atoms with Crippen molar-refractivity contribution in [1.29, 1.82) is 0 Å². The number of pyridine rings is 1. The summed E-state index contributed by atoms with van der Waals surface area (Å²) in [5, 5.41) is 5.12. The Bertz CT molecular complexity index is 1780. The number of benzene rings is 3. The molecule has 1 saturated heterocycles. The van der Waals surface area contributed by atoms with Gasteiger partial charge in [-0.1, -0.05) is 47.7 Å². The Labute approximate surface area is 241 Å². The van der Waals surface area contributed by atoms with E-state index in [2.05, 4.69) is 51.3 Å². The molecule has 3 aromatic carbocycles. The summed E-state index contributed by atoms with van der Waals surface area (Å²) < 4.78 is 9.48. The summed E-state index contributed by atoms with van der Waals surface area (Å²) >= 11 is 7.63. The fourth-order valence-corrected chi connectivity index (χ4v) is 6.49. The van der Waals surface area contributed by atoms with Crippen molar-refractivity contribution in [2.24, 2.45) is 0 Å². The summed E-state index contributed by atoms with van der Waals surface area (Å²) in [6.45, 7) is 2.04. The first-order chi connectivity index (χ1) is 19.7. The van der Waals surface area contributed by atoms with Crippen molar-refractivity contribution < 1.29 is 4.74 Å². The van der Waals surface area contributed by atoms with Crippen LogP contribution in [0.3, 0.4) is 0 Å². The van der Waals surface area contributed by atoms with Crippen LogP contribution in [0.5, 0.6) is 11.5 Å². The maximum atomic E-state index is 6.16. The smallest absolute Gasteiger partial charge is 0.194 e. The molecule has 0 bridgehead atoms. The molecule has 0 spiro atoms. The molecule has 1 fully saturated rings. The maximum Gasteiger partial charge on any atom is 0.194 e. The minimum absolute atomic E-state index is 0.153. The van der Waals surface area contributed by atoms with E-state index in [9.17, 15) is 0 Å². The second kappa shape index (κ2) is 10.2. The standard InChI is InChI=1S/C32H25N5OS2/c1-21-9-2-4-13-27(21)38-23-17-15-22(16-18-23)37-30(29(35-31(37)39)25-11-6-7-19-33-25)26-12-8-20-36(26)32-34-24-10-3-5-14-28(24)40-32/h2-20,29-30H,1H3,(H,35,39)/t29-,30+/m0/s1. The molecule has 0 amide bonds. The lowest BCUT2D eigenvalue weighted by atomic mass is 10.0. The molecule has 4 heterocycles. The summed E-state index contributed by atoms with van der Waals surface area (Å²) in [4.78, 5) is 11.8. The zero-order valence-corrected chi connectivity index (χ0v) is 23.3. The molecular formula is C32H25N5OS2. The zero-order valence-electron chi connectivity index (χ0n) is 21.6. The van der Waals surface area contributed by atoms with Gasteiger partial charge in [0.15, 0.2) is 10.2 Å². The van der Waals surface area contributed by atoms with Gasteiger partial charge in [0.05, 0.1) is 27.6 Å². The van der Waals surface area contributed by atoms with Gasteiger partial charge in [-0.2, -0.15) is 0 Å². The highest BCUT2D eigenvalue weighted by Crippen LogP contribution is 2.43. The van der Waals surface area contributed by atoms with Crippen molar-refractivity contribution in [1.82, 2.24) is 19.9 Å². The van der Waals surface area contributed by atoms with Crippen molar-refractivity contribution in [3.05, 3.63) is 132 Å². The molecule has 7 rings (SSSR count). The van der Waals surface area contributed by atoms with Crippen LogP contribution >= 0.6 is 23.6 Å². The number of nitrogens with one attached hydrogen (secondary N) is 1. The predicted molar refractivity (Wildman–Crippen MR) is 165 cm³/mol. The van der Waals surface area contributed by atoms with Crippen LogP contribution in [0.25, 0.3) is 15.3 Å². The summed E-state index contributed by atoms with van der Waals surface area (Å²) in [6.07, 6.45) is 3.89. The molecule has 6 nitrogen and oxygen atoms in total. The minimum atomic E-state index is -0.160. The molecule has 8 heteroatoms. The highest BCUT2D eigenvalue weighted by molar-refractivity contribution is 7.80. The SMILES string of the molecule is Cc1ccccc1Oc1ccc(N2C(=S)N[C@@H](c3ccccn3)[C@H]2c2cccn2-c2nc3ccccc3s2)cc1. The third-order valence-corrected chi connectivity index (χ3v) is 8.46. The Morgan fingerprint density at radius 1 is 0.875 bits per heavy atom. The van der Waals surface area contributed by atoms with E-state index in [0.717, 1.165) is 49.5 Å². The number of rotatable bonds is 6. The largest absolute Gasteiger partial charge is 0.457 e. The quantitative estimate of drug-likeness (QED) is 0.211. The van der Waals surface area contributed by atoms with Crippen LogP contribution in [0.15, 0.2) is 116 Å². The van der Waals surface area contributed by atoms with E-state index in [1.807, 2.05) is 85.9 Å². The second-order valence-electron chi connectivity index (χ2n) is 9.63. The summed E-state index contributed by atoms with van der Waals surface area (Å²) in [7, 11) is 0. The molecule has 2 atom stereocenters. The normalized spacial score (nSPS) is 16.8. The molecule has 1 N–H and O–H groups in total. The van der Waals surface area contributed by atoms with E-state index >= 15 is 0 Å². The molecular weight excluding hydrogens is 535 g/mol. The van der Waals surface area contributed by atoms with E-state index in [1.165, 1.54) is 0 Å². The molecule has 196 valence electrons. The minimum Gasteiger partial charge on any atom is -0.457 e. The Hall–Kier alpha value is -4.53. The van der Waals surface area contributed by atoms with Gasteiger partial charge in [0.2, 0.25) is 0 Å². The first-order valence-corrected chi connectivity index (χ1v) is 14.3. The average molecular weight is 560 g/mol. The number of hydrogen-bond acceptors (Lipinski definition) is 5. The summed E-state index contributed by atoms with van der Waals surface area (Å²) in [5.41, 5.74) is 5.04. The van der Waals surface area contributed by atoms with Crippen LogP contribution in [0.4, 0.5) is 5.69 Å². The Balaban J connectivity index is 1.29. The number of para-hydroxylation sites is 2. The Morgan fingerprint density at radius 3 is 2.48 bits per heavy atom. The fourth-order valence-electron chi connectivity index (χ4n) is 5.18. The number of aryl methyl sites for hydroxylation is 1. The maximum absolute atomic E-state index is 6.16. The van der Waals surface area contributed by atoms with Crippen molar-refractivity contribution >= 4 is 44.6 Å². The number of thiazole rings is 1. The van der Waals surface area contributed by atoms with Crippen LogP contribution in [-0.4, -0.2) is 19.6 Å². The van der Waals surface area contributed by atoms with E-state index < -0.39 is 0 Å². The van der Waals surface area contributed by atoms with Gasteiger partial charge < -0.3 is 15.0 Å². The van der Waals surface area contributed by atoms with Crippen molar-refractivity contribution in [2.75, 3.05) is 4.90 Å². The lowest BCUT2D eigenvalue weighted by Crippen LogP contribution is -2.30. The van der Waals surface area contributed by atoms with Gasteiger partial charge in [-0.05, 0) is 91.4 Å². The number of nitrogens with zero attached hydrogens (tertiary/aromatic N) is 4. The second-order valence-corrected chi connectivity index (χ2v) is 11.0. The highest BCUT2D eigenvalue weighted by Gasteiger charge is 2.42. The zero-order chi connectivity index (χ0) is 27.1. The molecule has 0 saturated carbocycles. The first kappa shape index (κ1) is 24.5. The van der Waals surface area contributed by atoms with Gasteiger partial charge in [0.1, 0.15) is 17.5 Å². The molecule has 40 heavy (non-hydrogen) atoms. The molecule has 1 aliphatic heterocycles. The topological polar surface area (TPSA) is 55.2 Å². The summed E-state index contributed by atoms with van der Waals surface area (Å²) in [6, 6.07) is 34.2. The summed E-state index contributed by atoms with van der Waals surface area (Å²) in [5.74, 6) is 1.61. The Morgan fingerprint density at radius 2 is 1.68 bits per heavy atom. The molecule has 0 radical (unpaired) electrons. The van der Waals surface area contributed by atoms with E-state index in [-0.39, 0.29) is 12.1 Å². The lowest BCUT2D eigenvalue weighted by molar-refractivity contribution is 0.479. The van der Waals surface area contributed by atoms with Crippen LogP contribution in [-0.2, 0) is 0 Å². The van der Waals surface area contributed by atoms with E-state index in [1.54, 1.807) is 11.3 Å². The third kappa shape index (κ3) is 4.41. The van der Waals surface area contributed by atoms with Gasteiger partial charge in [0, 0.05) is 18.1 Å². The highest BCUT2D eigenvalue weighted by atomic mass is 32.1. The van der Waals surface area contributed by atoms with Crippen LogP contribution < -0.4 is 15.0 Å². The van der Waals surface area contributed by atoms with Gasteiger partial charge in [-0.25, -0.2) is 4.98 Å². The number of fused-ring (bicyclic) bond motifs is 1. The van der Waals surface area contributed by atoms with Gasteiger partial charge in [-0.15, -0.1) is 0 Å². The van der Waals surface area contributed by atoms with Gasteiger partial charge >= 0.3 is 0 Å². The van der Waals surface area contributed by atoms with Gasteiger partial charge in [-0.3, -0.25) is 9.55 Å². The number of thiocarbonyl (C=S) groups is 1. The number of aromatic nitrogens is 3. The van der Waals surface area contributed by atoms with E-state index in [0.29, 0.717) is 5.11 Å². The molecule has 0 aliphatic carbocycles. The van der Waals surface area contributed by atoms with Crippen LogP contribution in [0.2, 0.25) is 0 Å². The fraction of sp³-hybridized carbons (Fsp3) is 0.0938. The Kier molecular flexibility index (Phi) is 6.26. The molecule has 1 aliphatic rings. The predicted octanol–water partition coefficient (Wildman–Crippen LogP) is 7.76. The average Bonchev–Trinajstić information content (AvgIpc) is 3.71.